The van der Waals surface area contributed by atoms with E-state index < -0.39 is 10.0 Å². The minimum absolute atomic E-state index is 0.148. The van der Waals surface area contributed by atoms with Crippen molar-refractivity contribution >= 4 is 26.0 Å². The Morgan fingerprint density at radius 1 is 1.53 bits per heavy atom. The van der Waals surface area contributed by atoms with Gasteiger partial charge in [-0.15, -0.1) is 0 Å². The minimum atomic E-state index is -3.55. The Hall–Kier alpha value is -0.470. The summed E-state index contributed by atoms with van der Waals surface area (Å²) >= 11 is 3.37. The second kappa shape index (κ2) is 5.88. The van der Waals surface area contributed by atoms with Crippen molar-refractivity contribution in [3.05, 3.63) is 27.7 Å². The van der Waals surface area contributed by atoms with Gasteiger partial charge in [0.25, 0.3) is 0 Å². The molecule has 19 heavy (non-hydrogen) atoms. The van der Waals surface area contributed by atoms with Crippen LogP contribution >= 0.6 is 15.9 Å². The van der Waals surface area contributed by atoms with Gasteiger partial charge in [0.1, 0.15) is 0 Å². The summed E-state index contributed by atoms with van der Waals surface area (Å²) in [5.41, 5.74) is 7.05. The summed E-state index contributed by atoms with van der Waals surface area (Å²) in [6, 6.07) is 3.32. The summed E-state index contributed by atoms with van der Waals surface area (Å²) in [5, 5.41) is 0. The van der Waals surface area contributed by atoms with Crippen molar-refractivity contribution in [3.8, 4) is 0 Å². The van der Waals surface area contributed by atoms with Gasteiger partial charge in [0.05, 0.1) is 11.5 Å². The van der Waals surface area contributed by atoms with Gasteiger partial charge in [0, 0.05) is 23.7 Å². The highest BCUT2D eigenvalue weighted by molar-refractivity contribution is 9.10. The fourth-order valence-corrected chi connectivity index (χ4v) is 4.22. The van der Waals surface area contributed by atoms with E-state index in [-0.39, 0.29) is 10.9 Å². The lowest BCUT2D eigenvalue weighted by molar-refractivity contribution is 0.192. The van der Waals surface area contributed by atoms with Gasteiger partial charge < -0.3 is 10.5 Å². The summed E-state index contributed by atoms with van der Waals surface area (Å²) in [6.45, 7) is 3.09. The molecule has 106 valence electrons. The van der Waals surface area contributed by atoms with Crippen molar-refractivity contribution in [1.29, 1.82) is 0 Å². The van der Waals surface area contributed by atoms with Crippen LogP contribution in [0.1, 0.15) is 17.5 Å². The quantitative estimate of drug-likeness (QED) is 0.858. The van der Waals surface area contributed by atoms with Gasteiger partial charge in [-0.25, -0.2) is 13.1 Å². The molecule has 0 radical (unpaired) electrons. The predicted octanol–water partition coefficient (Wildman–Crippen LogP) is 1.28. The van der Waals surface area contributed by atoms with Gasteiger partial charge in [-0.2, -0.15) is 0 Å². The van der Waals surface area contributed by atoms with Crippen molar-refractivity contribution < 1.29 is 13.2 Å². The molecule has 0 aromatic heterocycles. The Morgan fingerprint density at radius 2 is 2.26 bits per heavy atom. The van der Waals surface area contributed by atoms with E-state index in [0.717, 1.165) is 10.0 Å². The second-order valence-electron chi connectivity index (χ2n) is 4.59. The van der Waals surface area contributed by atoms with Gasteiger partial charge >= 0.3 is 0 Å². The third-order valence-electron chi connectivity index (χ3n) is 3.13. The number of hydrogen-bond acceptors (Lipinski definition) is 4. The normalized spacial score (nSPS) is 19.8. The van der Waals surface area contributed by atoms with E-state index in [2.05, 4.69) is 20.7 Å². The van der Waals surface area contributed by atoms with Crippen LogP contribution in [0.4, 0.5) is 0 Å². The fourth-order valence-electron chi connectivity index (χ4n) is 2.01. The molecule has 1 aromatic carbocycles. The summed E-state index contributed by atoms with van der Waals surface area (Å²) in [6.07, 6.45) is 0.704. The Morgan fingerprint density at radius 3 is 2.84 bits per heavy atom. The maximum Gasteiger partial charge on any atom is 0.241 e. The van der Waals surface area contributed by atoms with Crippen LogP contribution in [-0.2, 0) is 21.3 Å². The molecule has 0 saturated carbocycles. The summed E-state index contributed by atoms with van der Waals surface area (Å²) in [5.74, 6) is 0. The SMILES string of the molecule is Cc1c(Br)cc(CN)cc1S(=O)(=O)NC1CCOC1. The number of benzene rings is 1. The molecule has 1 aromatic rings. The van der Waals surface area contributed by atoms with Crippen molar-refractivity contribution in [1.82, 2.24) is 4.72 Å². The van der Waals surface area contributed by atoms with E-state index in [1.807, 2.05) is 6.07 Å². The average molecular weight is 349 g/mol. The first kappa shape index (κ1) is 14.9. The highest BCUT2D eigenvalue weighted by Crippen LogP contribution is 2.26. The maximum absolute atomic E-state index is 12.4. The third-order valence-corrected chi connectivity index (χ3v) is 5.60. The Balaban J connectivity index is 2.36. The topological polar surface area (TPSA) is 81.4 Å². The van der Waals surface area contributed by atoms with Gasteiger partial charge in [-0.1, -0.05) is 15.9 Å². The average Bonchev–Trinajstić information content (AvgIpc) is 2.84. The first-order chi connectivity index (χ1) is 8.94. The van der Waals surface area contributed by atoms with Crippen LogP contribution in [0.5, 0.6) is 0 Å². The lowest BCUT2D eigenvalue weighted by atomic mass is 10.1. The van der Waals surface area contributed by atoms with Gasteiger partial charge in [0.15, 0.2) is 0 Å². The van der Waals surface area contributed by atoms with Crippen LogP contribution in [0.3, 0.4) is 0 Å². The Kier molecular flexibility index (Phi) is 4.62. The minimum Gasteiger partial charge on any atom is -0.380 e. The van der Waals surface area contributed by atoms with Crippen molar-refractivity contribution in [2.75, 3.05) is 13.2 Å². The predicted molar refractivity (Wildman–Crippen MR) is 76.3 cm³/mol. The van der Waals surface area contributed by atoms with Crippen molar-refractivity contribution in [2.45, 2.75) is 30.8 Å². The standard InChI is InChI=1S/C12H17BrN2O3S/c1-8-11(13)4-9(6-14)5-12(8)19(16,17)15-10-2-3-18-7-10/h4-5,10,15H,2-3,6-7,14H2,1H3. The molecule has 0 spiro atoms. The van der Waals surface area contributed by atoms with Crippen molar-refractivity contribution in [2.24, 2.45) is 5.73 Å². The van der Waals surface area contributed by atoms with E-state index in [4.69, 9.17) is 10.5 Å². The van der Waals surface area contributed by atoms with E-state index in [1.165, 1.54) is 0 Å². The highest BCUT2D eigenvalue weighted by atomic mass is 79.9. The number of hydrogen-bond donors (Lipinski definition) is 2. The van der Waals surface area contributed by atoms with Crippen LogP contribution in [-0.4, -0.2) is 27.7 Å². The number of nitrogens with one attached hydrogen (secondary N) is 1. The van der Waals surface area contributed by atoms with Gasteiger partial charge in [-0.3, -0.25) is 0 Å². The number of nitrogens with two attached hydrogens (primary N) is 1. The van der Waals surface area contributed by atoms with Crippen LogP contribution in [0, 0.1) is 6.92 Å². The molecule has 0 bridgehead atoms. The lowest BCUT2D eigenvalue weighted by Crippen LogP contribution is -2.35. The smallest absolute Gasteiger partial charge is 0.241 e. The van der Waals surface area contributed by atoms with Crippen LogP contribution in [0.2, 0.25) is 0 Å². The molecule has 1 unspecified atom stereocenters. The first-order valence-electron chi connectivity index (χ1n) is 6.03. The molecule has 2 rings (SSSR count). The van der Waals surface area contributed by atoms with Crippen LogP contribution < -0.4 is 10.5 Å². The summed E-state index contributed by atoms with van der Waals surface area (Å²) in [4.78, 5) is 0.272. The number of rotatable bonds is 4. The molecule has 0 amide bonds. The fraction of sp³-hybridized carbons (Fsp3) is 0.500. The summed E-state index contributed by atoms with van der Waals surface area (Å²) in [7, 11) is -3.55. The largest absolute Gasteiger partial charge is 0.380 e. The van der Waals surface area contributed by atoms with Crippen molar-refractivity contribution in [3.63, 3.8) is 0 Å². The van der Waals surface area contributed by atoms with Gasteiger partial charge in [0.2, 0.25) is 10.0 Å². The molecule has 5 nitrogen and oxygen atoms in total. The third kappa shape index (κ3) is 3.35. The van der Waals surface area contributed by atoms with E-state index in [9.17, 15) is 8.42 Å². The summed E-state index contributed by atoms with van der Waals surface area (Å²) < 4.78 is 33.4. The number of halogens is 1. The second-order valence-corrected chi connectivity index (χ2v) is 7.12. The lowest BCUT2D eigenvalue weighted by Gasteiger charge is -2.15. The zero-order chi connectivity index (χ0) is 14.0. The zero-order valence-electron chi connectivity index (χ0n) is 10.6. The van der Waals surface area contributed by atoms with E-state index >= 15 is 0 Å². The number of sulfonamides is 1. The molecular formula is C12H17BrN2O3S. The highest BCUT2D eigenvalue weighted by Gasteiger charge is 2.25. The maximum atomic E-state index is 12.4. The Bertz CT molecular complexity index is 569. The number of ether oxygens (including phenoxy) is 1. The molecule has 1 fully saturated rings. The van der Waals surface area contributed by atoms with E-state index in [1.54, 1.807) is 13.0 Å². The molecule has 1 aliphatic rings. The molecule has 1 saturated heterocycles. The molecule has 3 N–H and O–H groups in total. The monoisotopic (exact) mass is 348 g/mol. The zero-order valence-corrected chi connectivity index (χ0v) is 13.1. The molecule has 1 aliphatic heterocycles. The first-order valence-corrected chi connectivity index (χ1v) is 8.31. The van der Waals surface area contributed by atoms with Crippen LogP contribution in [0.25, 0.3) is 0 Å². The molecule has 0 aliphatic carbocycles. The molecule has 1 atom stereocenters. The molecule has 7 heteroatoms. The van der Waals surface area contributed by atoms with Crippen LogP contribution in [0.15, 0.2) is 21.5 Å². The Labute approximate surface area is 121 Å². The molecular weight excluding hydrogens is 332 g/mol. The van der Waals surface area contributed by atoms with E-state index in [0.29, 0.717) is 31.7 Å². The van der Waals surface area contributed by atoms with Gasteiger partial charge in [-0.05, 0) is 36.6 Å². The molecule has 1 heterocycles.